The molecule has 1 aromatic rings. The molecular weight excluding hydrogens is 401 g/mol. The van der Waals surface area contributed by atoms with Gasteiger partial charge >= 0.3 is 43.2 Å². The summed E-state index contributed by atoms with van der Waals surface area (Å²) < 4.78 is 78.6. The number of carbonyl (C=O) groups excluding carboxylic acids is 1. The second-order valence-electron chi connectivity index (χ2n) is 3.01. The van der Waals surface area contributed by atoms with Crippen molar-refractivity contribution in [2.75, 3.05) is 0 Å². The molecule has 0 fully saturated rings. The average molecular weight is 407 g/mol. The molecule has 0 aliphatic heterocycles. The fourth-order valence-corrected chi connectivity index (χ4v) is 0.616. The first-order valence-electron chi connectivity index (χ1n) is 4.85. The van der Waals surface area contributed by atoms with E-state index in [9.17, 15) is 48.9 Å². The third-order valence-corrected chi connectivity index (χ3v) is 1.02. The molecule has 0 saturated heterocycles. The molecule has 23 heavy (non-hydrogen) atoms. The van der Waals surface area contributed by atoms with Crippen LogP contribution in [0, 0.1) is 0 Å². The van der Waals surface area contributed by atoms with E-state index < -0.39 is 31.7 Å². The first-order valence-corrected chi connectivity index (χ1v) is 4.85. The molecule has 0 aromatic carbocycles. The molecule has 17 heteroatoms. The van der Waals surface area contributed by atoms with Crippen molar-refractivity contribution >= 4 is 20.5 Å². The van der Waals surface area contributed by atoms with Gasteiger partial charge in [-0.05, 0) is 0 Å². The fraction of sp³-hybridized carbons (Fsp3) is 0.167. The molecular formula is C6H6B2CuF8N2O4. The van der Waals surface area contributed by atoms with Gasteiger partial charge in [-0.1, -0.05) is 0 Å². The Kier molecular flexibility index (Phi) is 12.4. The van der Waals surface area contributed by atoms with Crippen LogP contribution < -0.4 is 16.1 Å². The van der Waals surface area contributed by atoms with Crippen LogP contribution >= 0.6 is 0 Å². The maximum atomic E-state index is 10.8. The third-order valence-electron chi connectivity index (χ3n) is 1.02. The number of hydrogen-bond donors (Lipinski definition) is 1. The van der Waals surface area contributed by atoms with Crippen molar-refractivity contribution in [1.29, 1.82) is 0 Å². The summed E-state index contributed by atoms with van der Waals surface area (Å²) in [5, 5.41) is 0. The Hall–Kier alpha value is -1.76. The van der Waals surface area contributed by atoms with E-state index in [1.54, 1.807) is 0 Å². The second kappa shape index (κ2) is 10.9. The Bertz CT molecular complexity index is 561. The van der Waals surface area contributed by atoms with E-state index in [0.717, 1.165) is 19.2 Å². The van der Waals surface area contributed by atoms with Gasteiger partial charge in [-0.15, -0.1) is 4.73 Å². The molecule has 137 valence electrons. The number of halogens is 8. The predicted octanol–water partition coefficient (Wildman–Crippen LogP) is 1.11. The maximum absolute atomic E-state index is 10.8. The van der Waals surface area contributed by atoms with Gasteiger partial charge in [0.05, 0.1) is 6.20 Å². The van der Waals surface area contributed by atoms with E-state index in [0.29, 0.717) is 4.73 Å². The molecule has 0 amide bonds. The summed E-state index contributed by atoms with van der Waals surface area (Å²) in [5.41, 5.74) is -1.32. The first kappa shape index (κ1) is 26.2. The Morgan fingerprint density at radius 2 is 1.39 bits per heavy atom. The molecule has 0 saturated carbocycles. The number of aromatic nitrogens is 2. The predicted molar refractivity (Wildman–Crippen MR) is 59.0 cm³/mol. The van der Waals surface area contributed by atoms with E-state index in [-0.39, 0.29) is 17.1 Å². The van der Waals surface area contributed by atoms with Crippen LogP contribution in [-0.4, -0.2) is 30.2 Å². The van der Waals surface area contributed by atoms with E-state index in [2.05, 4.69) is 4.84 Å². The van der Waals surface area contributed by atoms with Gasteiger partial charge in [-0.2, -0.15) is 0 Å². The molecule has 1 radical (unpaired) electrons. The minimum absolute atomic E-state index is 0. The number of nitrogens with one attached hydrogen (secondary N) is 1. The van der Waals surface area contributed by atoms with Crippen LogP contribution in [0.2, 0.25) is 0 Å². The van der Waals surface area contributed by atoms with E-state index in [1.165, 1.54) is 0 Å². The summed E-state index contributed by atoms with van der Waals surface area (Å²) in [6, 6.07) is 1.07. The smallest absolute Gasteiger partial charge is 0.418 e. The van der Waals surface area contributed by atoms with Gasteiger partial charge in [-0.25, -0.2) is 9.59 Å². The zero-order valence-electron chi connectivity index (χ0n) is 10.7. The molecule has 0 spiro atoms. The van der Waals surface area contributed by atoms with Crippen LogP contribution in [-0.2, 0) is 21.9 Å². The Labute approximate surface area is 132 Å². The fourth-order valence-electron chi connectivity index (χ4n) is 0.616. The van der Waals surface area contributed by atoms with Crippen molar-refractivity contribution in [3.8, 4) is 0 Å². The van der Waals surface area contributed by atoms with E-state index in [1.807, 2.05) is 4.98 Å². The van der Waals surface area contributed by atoms with Crippen LogP contribution in [0.25, 0.3) is 0 Å². The van der Waals surface area contributed by atoms with Crippen LogP contribution in [0.15, 0.2) is 21.9 Å². The van der Waals surface area contributed by atoms with Gasteiger partial charge in [0, 0.05) is 13.0 Å². The van der Waals surface area contributed by atoms with Crippen LogP contribution in [0.1, 0.15) is 6.92 Å². The number of carbonyl (C=O) groups is 1. The quantitative estimate of drug-likeness (QED) is 0.559. The molecule has 0 bridgehead atoms. The molecule has 1 N–H and O–H groups in total. The molecule has 1 rings (SSSR count). The Balaban J connectivity index is -0.000000307. The summed E-state index contributed by atoms with van der Waals surface area (Å²) >= 11 is 0. The van der Waals surface area contributed by atoms with Gasteiger partial charge < -0.3 is 39.4 Å². The second-order valence-corrected chi connectivity index (χ2v) is 3.01. The van der Waals surface area contributed by atoms with Crippen LogP contribution in [0.4, 0.5) is 34.5 Å². The number of aromatic amines is 1. The van der Waals surface area contributed by atoms with Crippen molar-refractivity contribution in [3.63, 3.8) is 0 Å². The first-order chi connectivity index (χ1) is 9.59. The largest absolute Gasteiger partial charge is 2.00 e. The SMILES string of the molecule is CC(=O)On1ccc(=O)[nH]c1=O.F[B-](F)(F)F.F[B-](F)(F)F.[Cu+2]. The summed E-state index contributed by atoms with van der Waals surface area (Å²) in [5.74, 6) is -0.635. The molecule has 0 aliphatic rings. The summed E-state index contributed by atoms with van der Waals surface area (Å²) in [4.78, 5) is 38.0. The van der Waals surface area contributed by atoms with Crippen molar-refractivity contribution in [3.05, 3.63) is 33.1 Å². The maximum Gasteiger partial charge on any atom is 2.00 e. The minimum atomic E-state index is -6.00. The van der Waals surface area contributed by atoms with Crippen molar-refractivity contribution < 1.29 is 61.2 Å². The Morgan fingerprint density at radius 3 is 1.65 bits per heavy atom. The average Bonchev–Trinajstić information content (AvgIpc) is 2.16. The normalized spacial score (nSPS) is 10.1. The Morgan fingerprint density at radius 1 is 1.04 bits per heavy atom. The van der Waals surface area contributed by atoms with Crippen molar-refractivity contribution in [2.45, 2.75) is 6.92 Å². The molecule has 6 nitrogen and oxygen atoms in total. The van der Waals surface area contributed by atoms with Crippen molar-refractivity contribution in [2.24, 2.45) is 0 Å². The van der Waals surface area contributed by atoms with Gasteiger partial charge in [0.25, 0.3) is 5.56 Å². The molecule has 0 unspecified atom stereocenters. The molecule has 0 aliphatic carbocycles. The summed E-state index contributed by atoms with van der Waals surface area (Å²) in [6.45, 7) is 1.15. The monoisotopic (exact) mass is 407 g/mol. The number of H-pyrrole nitrogens is 1. The van der Waals surface area contributed by atoms with Gasteiger partial charge in [0.2, 0.25) is 0 Å². The van der Waals surface area contributed by atoms with Crippen LogP contribution in [0.5, 0.6) is 0 Å². The van der Waals surface area contributed by atoms with Crippen molar-refractivity contribution in [1.82, 2.24) is 9.71 Å². The third kappa shape index (κ3) is 29.0. The van der Waals surface area contributed by atoms with E-state index >= 15 is 0 Å². The summed E-state index contributed by atoms with van der Waals surface area (Å²) in [7, 11) is -12.0. The number of hydrogen-bond acceptors (Lipinski definition) is 4. The van der Waals surface area contributed by atoms with Gasteiger partial charge in [0.15, 0.2) is 0 Å². The van der Waals surface area contributed by atoms with Crippen LogP contribution in [0.3, 0.4) is 0 Å². The molecule has 1 aromatic heterocycles. The zero-order chi connectivity index (χ0) is 18.1. The molecule has 0 atom stereocenters. The van der Waals surface area contributed by atoms with Gasteiger partial charge in [0.1, 0.15) is 0 Å². The molecule has 1 heterocycles. The van der Waals surface area contributed by atoms with Gasteiger partial charge in [-0.3, -0.25) is 9.78 Å². The zero-order valence-corrected chi connectivity index (χ0v) is 11.7. The topological polar surface area (TPSA) is 81.2 Å². The minimum Gasteiger partial charge on any atom is -0.418 e. The van der Waals surface area contributed by atoms with E-state index in [4.69, 9.17) is 0 Å². The summed E-state index contributed by atoms with van der Waals surface area (Å²) in [6.07, 6.45) is 1.07. The number of nitrogens with zero attached hydrogens (tertiary/aromatic N) is 1. The standard InChI is InChI=1S/C6H6N2O4.2BF4.Cu/c1-4(9)12-8-3-2-5(10)7-6(8)11;2*2-1(3,4)5;/h2-3H,1H3,(H,7,10,11);;;/q;2*-1;+2. The number of rotatable bonds is 1.